The fraction of sp³-hybridized carbons (Fsp3) is 0.435. The van der Waals surface area contributed by atoms with E-state index in [1.807, 2.05) is 30.3 Å². The van der Waals surface area contributed by atoms with E-state index < -0.39 is 0 Å². The molecule has 1 aliphatic heterocycles. The Morgan fingerprint density at radius 3 is 2.68 bits per heavy atom. The molecule has 0 aliphatic carbocycles. The van der Waals surface area contributed by atoms with Gasteiger partial charge in [-0.15, -0.1) is 11.3 Å². The second kappa shape index (κ2) is 10.5. The summed E-state index contributed by atoms with van der Waals surface area (Å²) in [5.74, 6) is 2.09. The highest BCUT2D eigenvalue weighted by Gasteiger charge is 2.20. The van der Waals surface area contributed by atoms with Crippen LogP contribution in [-0.2, 0) is 13.1 Å². The molecule has 164 valence electrons. The zero-order chi connectivity index (χ0) is 21.5. The minimum Gasteiger partial charge on any atom is -0.444 e. The minimum atomic E-state index is 0.571. The van der Waals surface area contributed by atoms with Gasteiger partial charge in [-0.05, 0) is 50.9 Å². The topological polar surface area (TPSA) is 78.6 Å². The molecule has 3 aromatic rings. The number of nitrogens with zero attached hydrogens (tertiary/aromatic N) is 4. The average molecular weight is 439 g/mol. The van der Waals surface area contributed by atoms with Crippen molar-refractivity contribution in [3.63, 3.8) is 0 Å². The van der Waals surface area contributed by atoms with E-state index in [4.69, 9.17) is 4.42 Å². The SMILES string of the molecule is CN=C(NCc1coc(-c2ccccc2)n1)NCC1CCN(Cc2csc(C)n2)CC1. The molecule has 0 amide bonds. The van der Waals surface area contributed by atoms with E-state index in [-0.39, 0.29) is 0 Å². The van der Waals surface area contributed by atoms with Gasteiger partial charge in [0.25, 0.3) is 0 Å². The Labute approximate surface area is 187 Å². The fourth-order valence-corrected chi connectivity index (χ4v) is 4.40. The molecule has 3 heterocycles. The van der Waals surface area contributed by atoms with Gasteiger partial charge >= 0.3 is 0 Å². The molecular weight excluding hydrogens is 408 g/mol. The van der Waals surface area contributed by atoms with E-state index in [9.17, 15) is 0 Å². The van der Waals surface area contributed by atoms with E-state index in [0.717, 1.165) is 48.4 Å². The fourth-order valence-electron chi connectivity index (χ4n) is 3.80. The van der Waals surface area contributed by atoms with E-state index in [1.165, 1.54) is 18.5 Å². The second-order valence-corrected chi connectivity index (χ2v) is 8.96. The van der Waals surface area contributed by atoms with E-state index in [0.29, 0.717) is 18.4 Å². The van der Waals surface area contributed by atoms with Crippen LogP contribution in [0.3, 0.4) is 0 Å². The van der Waals surface area contributed by atoms with Gasteiger partial charge in [-0.3, -0.25) is 9.89 Å². The van der Waals surface area contributed by atoms with Gasteiger partial charge in [0.2, 0.25) is 5.89 Å². The van der Waals surface area contributed by atoms with Crippen LogP contribution in [0.2, 0.25) is 0 Å². The first-order chi connectivity index (χ1) is 15.2. The third kappa shape index (κ3) is 6.15. The number of hydrogen-bond donors (Lipinski definition) is 2. The molecule has 1 aromatic carbocycles. The number of thiazole rings is 1. The maximum atomic E-state index is 5.61. The smallest absolute Gasteiger partial charge is 0.226 e. The van der Waals surface area contributed by atoms with Crippen molar-refractivity contribution in [1.29, 1.82) is 0 Å². The van der Waals surface area contributed by atoms with Crippen molar-refractivity contribution in [2.75, 3.05) is 26.7 Å². The highest BCUT2D eigenvalue weighted by Crippen LogP contribution is 2.20. The van der Waals surface area contributed by atoms with Crippen LogP contribution in [0.15, 0.2) is 51.4 Å². The molecule has 0 radical (unpaired) electrons. The molecule has 2 aromatic heterocycles. The van der Waals surface area contributed by atoms with Crippen molar-refractivity contribution in [3.8, 4) is 11.5 Å². The number of aromatic nitrogens is 2. The molecule has 7 nitrogen and oxygen atoms in total. The quantitative estimate of drug-likeness (QED) is 0.433. The summed E-state index contributed by atoms with van der Waals surface area (Å²) in [4.78, 5) is 16.0. The lowest BCUT2D eigenvalue weighted by Crippen LogP contribution is -2.42. The first kappa shape index (κ1) is 21.5. The average Bonchev–Trinajstić information content (AvgIpc) is 3.44. The molecule has 0 saturated carbocycles. The van der Waals surface area contributed by atoms with Crippen LogP contribution < -0.4 is 10.6 Å². The Kier molecular flexibility index (Phi) is 7.32. The molecule has 0 bridgehead atoms. The summed E-state index contributed by atoms with van der Waals surface area (Å²) < 4.78 is 5.61. The maximum Gasteiger partial charge on any atom is 0.226 e. The van der Waals surface area contributed by atoms with Crippen LogP contribution in [0.25, 0.3) is 11.5 Å². The zero-order valence-corrected chi connectivity index (χ0v) is 19.0. The Balaban J connectivity index is 1.18. The second-order valence-electron chi connectivity index (χ2n) is 7.89. The molecule has 0 spiro atoms. The normalized spacial score (nSPS) is 15.9. The van der Waals surface area contributed by atoms with Crippen molar-refractivity contribution >= 4 is 17.3 Å². The lowest BCUT2D eigenvalue weighted by atomic mass is 9.97. The van der Waals surface area contributed by atoms with Crippen LogP contribution >= 0.6 is 11.3 Å². The van der Waals surface area contributed by atoms with Gasteiger partial charge in [0.1, 0.15) is 6.26 Å². The van der Waals surface area contributed by atoms with Crippen molar-refractivity contribution in [2.24, 2.45) is 10.9 Å². The van der Waals surface area contributed by atoms with Crippen molar-refractivity contribution in [1.82, 2.24) is 25.5 Å². The van der Waals surface area contributed by atoms with E-state index in [2.05, 4.69) is 42.8 Å². The Morgan fingerprint density at radius 1 is 1.16 bits per heavy atom. The van der Waals surface area contributed by atoms with Crippen LogP contribution in [0.1, 0.15) is 29.2 Å². The minimum absolute atomic E-state index is 0.571. The van der Waals surface area contributed by atoms with E-state index in [1.54, 1.807) is 24.6 Å². The first-order valence-electron chi connectivity index (χ1n) is 10.8. The number of piperidine rings is 1. The third-order valence-corrected chi connectivity index (χ3v) is 6.37. The van der Waals surface area contributed by atoms with Gasteiger partial charge in [-0.25, -0.2) is 9.97 Å². The predicted molar refractivity (Wildman–Crippen MR) is 125 cm³/mol. The number of rotatable bonds is 7. The summed E-state index contributed by atoms with van der Waals surface area (Å²) in [6, 6.07) is 9.93. The van der Waals surface area contributed by atoms with Gasteiger partial charge in [0, 0.05) is 31.1 Å². The Hall–Kier alpha value is -2.71. The lowest BCUT2D eigenvalue weighted by Gasteiger charge is -2.31. The number of guanidine groups is 1. The van der Waals surface area contributed by atoms with Gasteiger partial charge in [0.15, 0.2) is 5.96 Å². The van der Waals surface area contributed by atoms with Crippen LogP contribution in [0, 0.1) is 12.8 Å². The van der Waals surface area contributed by atoms with Crippen LogP contribution in [0.4, 0.5) is 0 Å². The molecule has 1 aliphatic rings. The van der Waals surface area contributed by atoms with Crippen LogP contribution in [0.5, 0.6) is 0 Å². The molecule has 8 heteroatoms. The number of oxazole rings is 1. The van der Waals surface area contributed by atoms with Gasteiger partial charge < -0.3 is 15.1 Å². The first-order valence-corrected chi connectivity index (χ1v) is 11.7. The van der Waals surface area contributed by atoms with E-state index >= 15 is 0 Å². The van der Waals surface area contributed by atoms with Crippen molar-refractivity contribution in [3.05, 3.63) is 58.4 Å². The molecule has 1 saturated heterocycles. The third-order valence-electron chi connectivity index (χ3n) is 5.55. The standard InChI is InChI=1S/C23H30N6OS/c1-17-27-21(16-31-17)14-29-10-8-18(9-11-29)12-25-23(24-2)26-13-20-15-30-22(28-20)19-6-4-3-5-7-19/h3-7,15-16,18H,8-14H2,1-2H3,(H2,24,25,26). The lowest BCUT2D eigenvalue weighted by molar-refractivity contribution is 0.176. The molecule has 1 fully saturated rings. The van der Waals surface area contributed by atoms with Crippen molar-refractivity contribution < 1.29 is 4.42 Å². The summed E-state index contributed by atoms with van der Waals surface area (Å²) >= 11 is 1.73. The molecule has 0 unspecified atom stereocenters. The Bertz CT molecular complexity index is 975. The highest BCUT2D eigenvalue weighted by molar-refractivity contribution is 7.09. The highest BCUT2D eigenvalue weighted by atomic mass is 32.1. The van der Waals surface area contributed by atoms with Crippen molar-refractivity contribution in [2.45, 2.75) is 32.9 Å². The molecular formula is C23H30N6OS. The largest absolute Gasteiger partial charge is 0.444 e. The molecule has 31 heavy (non-hydrogen) atoms. The van der Waals surface area contributed by atoms with Crippen LogP contribution in [-0.4, -0.2) is 47.5 Å². The number of hydrogen-bond acceptors (Lipinski definition) is 6. The number of nitrogens with one attached hydrogen (secondary N) is 2. The van der Waals surface area contributed by atoms with Gasteiger partial charge in [-0.2, -0.15) is 0 Å². The predicted octanol–water partition coefficient (Wildman–Crippen LogP) is 3.68. The van der Waals surface area contributed by atoms with Gasteiger partial charge in [-0.1, -0.05) is 18.2 Å². The summed E-state index contributed by atoms with van der Waals surface area (Å²) in [6.45, 7) is 6.78. The summed E-state index contributed by atoms with van der Waals surface area (Å²) in [5.41, 5.74) is 3.03. The molecule has 2 N–H and O–H groups in total. The Morgan fingerprint density at radius 2 is 1.97 bits per heavy atom. The zero-order valence-electron chi connectivity index (χ0n) is 18.2. The number of likely N-dealkylation sites (tertiary alicyclic amines) is 1. The summed E-state index contributed by atoms with van der Waals surface area (Å²) in [6.07, 6.45) is 4.08. The number of aliphatic imine (C=N–C) groups is 1. The number of benzene rings is 1. The monoisotopic (exact) mass is 438 g/mol. The summed E-state index contributed by atoms with van der Waals surface area (Å²) in [7, 11) is 1.80. The number of aryl methyl sites for hydroxylation is 1. The maximum absolute atomic E-state index is 5.61. The molecule has 4 rings (SSSR count). The molecule has 0 atom stereocenters. The van der Waals surface area contributed by atoms with Gasteiger partial charge in [0.05, 0.1) is 22.9 Å². The summed E-state index contributed by atoms with van der Waals surface area (Å²) in [5, 5.41) is 10.1.